The molecule has 0 saturated heterocycles. The van der Waals surface area contributed by atoms with Gasteiger partial charge in [-0.25, -0.2) is 0 Å². The number of anilines is 1. The molecule has 1 heterocycles. The van der Waals surface area contributed by atoms with Gasteiger partial charge in [-0.15, -0.1) is 0 Å². The monoisotopic (exact) mass is 416 g/mol. The van der Waals surface area contributed by atoms with Gasteiger partial charge >= 0.3 is 12.3 Å². The molecule has 0 bridgehead atoms. The van der Waals surface area contributed by atoms with Crippen molar-refractivity contribution in [2.24, 2.45) is 21.7 Å². The first kappa shape index (κ1) is 27.1. The summed E-state index contributed by atoms with van der Waals surface area (Å²) in [5.41, 5.74) is 3.44. The predicted octanol–water partition coefficient (Wildman–Crippen LogP) is 3.77. The third-order valence-corrected chi connectivity index (χ3v) is 5.07. The van der Waals surface area contributed by atoms with Crippen LogP contribution in [0.1, 0.15) is 60.5 Å². The van der Waals surface area contributed by atoms with Crippen LogP contribution in [0.2, 0.25) is 0 Å². The molecule has 0 N–H and O–H groups in total. The summed E-state index contributed by atoms with van der Waals surface area (Å²) in [7, 11) is 0. The number of benzene rings is 1. The van der Waals surface area contributed by atoms with Crippen LogP contribution in [0.15, 0.2) is 29.3 Å². The van der Waals surface area contributed by atoms with Crippen molar-refractivity contribution in [2.45, 2.75) is 54.9 Å². The van der Waals surface area contributed by atoms with Gasteiger partial charge in [0.05, 0.1) is 5.69 Å². The lowest BCUT2D eigenvalue weighted by molar-refractivity contribution is -0.193. The first-order valence-electron chi connectivity index (χ1n) is 9.74. The Hall–Kier alpha value is -2.88. The third kappa shape index (κ3) is 8.24. The number of para-hydroxylation sites is 1. The van der Waals surface area contributed by atoms with Crippen LogP contribution in [0.25, 0.3) is 0 Å². The normalized spacial score (nSPS) is 13.4. The second kappa shape index (κ2) is 12.0. The maximum atomic E-state index is 12.7. The Bertz CT molecular complexity index is 778. The number of amides is 1. The lowest BCUT2D eigenvalue weighted by Gasteiger charge is -2.42. The second-order valence-corrected chi connectivity index (χ2v) is 9.20. The van der Waals surface area contributed by atoms with Gasteiger partial charge in [0, 0.05) is 17.8 Å². The molecule has 164 valence electrons. The van der Waals surface area contributed by atoms with Crippen LogP contribution in [0, 0.1) is 16.7 Å². The Morgan fingerprint density at radius 2 is 1.43 bits per heavy atom. The van der Waals surface area contributed by atoms with E-state index >= 15 is 0 Å². The van der Waals surface area contributed by atoms with Crippen molar-refractivity contribution in [2.75, 3.05) is 18.0 Å². The number of nitrogens with zero attached hydrogens (tertiary/aromatic N) is 2. The lowest BCUT2D eigenvalue weighted by Crippen LogP contribution is -2.39. The average molecular weight is 417 g/mol. The van der Waals surface area contributed by atoms with E-state index in [9.17, 15) is 4.79 Å². The number of benzodiazepines with no additional fused rings is 1. The summed E-state index contributed by atoms with van der Waals surface area (Å²) in [6, 6.07) is 8.12. The lowest BCUT2D eigenvalue weighted by atomic mass is 9.65. The molecule has 1 aromatic carbocycles. The topological polar surface area (TPSA) is 101 Å². The Balaban J connectivity index is 0.00000125. The van der Waals surface area contributed by atoms with E-state index in [2.05, 4.69) is 52.6 Å². The van der Waals surface area contributed by atoms with Gasteiger partial charge in [-0.05, 0) is 36.2 Å². The van der Waals surface area contributed by atoms with Crippen molar-refractivity contribution in [1.82, 2.24) is 0 Å². The van der Waals surface area contributed by atoms with Gasteiger partial charge in [0.2, 0.25) is 5.91 Å². The standard InChI is InChI=1S/C21H32N2O.2CO2/c1-15-16-10-8-9-11-17(16)23(19(24)14-22-15)13-12-18(20(2,3)4)21(5,6)7;2*2-1-3/h8-11,18H,12-14H2,1-7H3;;. The van der Waals surface area contributed by atoms with Gasteiger partial charge in [-0.2, -0.15) is 19.2 Å². The van der Waals surface area contributed by atoms with Crippen molar-refractivity contribution >= 4 is 29.6 Å². The maximum absolute atomic E-state index is 12.7. The van der Waals surface area contributed by atoms with Gasteiger partial charge in [0.15, 0.2) is 0 Å². The summed E-state index contributed by atoms with van der Waals surface area (Å²) in [5, 5.41) is 0. The van der Waals surface area contributed by atoms with E-state index < -0.39 is 0 Å². The zero-order valence-electron chi connectivity index (χ0n) is 18.9. The van der Waals surface area contributed by atoms with Gasteiger partial charge < -0.3 is 4.90 Å². The van der Waals surface area contributed by atoms with E-state index in [0.29, 0.717) is 5.92 Å². The van der Waals surface area contributed by atoms with Crippen molar-refractivity contribution < 1.29 is 24.0 Å². The van der Waals surface area contributed by atoms with Crippen LogP contribution in [-0.2, 0) is 24.0 Å². The fraction of sp³-hybridized carbons (Fsp3) is 0.565. The van der Waals surface area contributed by atoms with Crippen LogP contribution >= 0.6 is 0 Å². The Kier molecular flexibility index (Phi) is 10.8. The Morgan fingerprint density at radius 3 is 1.90 bits per heavy atom. The van der Waals surface area contributed by atoms with E-state index in [4.69, 9.17) is 19.2 Å². The third-order valence-electron chi connectivity index (χ3n) is 5.07. The summed E-state index contributed by atoms with van der Waals surface area (Å²) in [4.78, 5) is 51.5. The molecule has 30 heavy (non-hydrogen) atoms. The van der Waals surface area contributed by atoms with Crippen LogP contribution in [0.3, 0.4) is 0 Å². The average Bonchev–Trinajstić information content (AvgIpc) is 2.73. The van der Waals surface area contributed by atoms with Gasteiger partial charge in [0.25, 0.3) is 0 Å². The smallest absolute Gasteiger partial charge is 0.310 e. The quantitative estimate of drug-likeness (QED) is 0.746. The molecular weight excluding hydrogens is 384 g/mol. The summed E-state index contributed by atoms with van der Waals surface area (Å²) in [5.74, 6) is 0.621. The highest BCUT2D eigenvalue weighted by molar-refractivity contribution is 6.10. The number of carbonyl (C=O) groups excluding carboxylic acids is 5. The van der Waals surface area contributed by atoms with Crippen LogP contribution in [-0.4, -0.2) is 37.0 Å². The molecule has 7 nitrogen and oxygen atoms in total. The summed E-state index contributed by atoms with van der Waals surface area (Å²) < 4.78 is 0. The molecule has 2 rings (SSSR count). The number of rotatable bonds is 3. The van der Waals surface area contributed by atoms with E-state index in [1.54, 1.807) is 0 Å². The molecule has 1 aromatic rings. The summed E-state index contributed by atoms with van der Waals surface area (Å²) in [6.45, 7) is 16.8. The molecular formula is C23H32N2O5. The number of carbonyl (C=O) groups is 1. The molecule has 0 atom stereocenters. The molecule has 0 aliphatic carbocycles. The van der Waals surface area contributed by atoms with E-state index in [1.807, 2.05) is 30.0 Å². The number of hydrogen-bond acceptors (Lipinski definition) is 6. The molecule has 1 amide bonds. The minimum absolute atomic E-state index is 0.0980. The summed E-state index contributed by atoms with van der Waals surface area (Å²) >= 11 is 0. The second-order valence-electron chi connectivity index (χ2n) is 9.20. The van der Waals surface area contributed by atoms with Crippen molar-refractivity contribution in [3.05, 3.63) is 29.8 Å². The molecule has 7 heteroatoms. The van der Waals surface area contributed by atoms with E-state index in [-0.39, 0.29) is 35.6 Å². The van der Waals surface area contributed by atoms with Gasteiger partial charge in [0.1, 0.15) is 6.54 Å². The highest BCUT2D eigenvalue weighted by atomic mass is 16.2. The molecule has 0 spiro atoms. The molecule has 0 fully saturated rings. The summed E-state index contributed by atoms with van der Waals surface area (Å²) in [6.07, 6.45) is 1.49. The minimum Gasteiger partial charge on any atom is -0.310 e. The van der Waals surface area contributed by atoms with Crippen molar-refractivity contribution in [3.8, 4) is 0 Å². The van der Waals surface area contributed by atoms with Crippen LogP contribution < -0.4 is 4.90 Å². The molecule has 1 aliphatic rings. The van der Waals surface area contributed by atoms with E-state index in [1.165, 1.54) is 0 Å². The predicted molar refractivity (Wildman–Crippen MR) is 113 cm³/mol. The van der Waals surface area contributed by atoms with Crippen LogP contribution in [0.4, 0.5) is 5.69 Å². The highest BCUT2D eigenvalue weighted by Crippen LogP contribution is 2.42. The fourth-order valence-corrected chi connectivity index (χ4v) is 4.17. The van der Waals surface area contributed by atoms with E-state index in [0.717, 1.165) is 29.9 Å². The number of hydrogen-bond donors (Lipinski definition) is 0. The zero-order chi connectivity index (χ0) is 23.5. The highest BCUT2D eigenvalue weighted by Gasteiger charge is 2.35. The van der Waals surface area contributed by atoms with Crippen LogP contribution in [0.5, 0.6) is 0 Å². The van der Waals surface area contributed by atoms with Gasteiger partial charge in [-0.1, -0.05) is 59.7 Å². The largest absolute Gasteiger partial charge is 0.373 e. The molecule has 0 saturated carbocycles. The SMILES string of the molecule is CC1=NCC(=O)N(CCC(C(C)(C)C)C(C)(C)C)c2ccccc21.O=C=O.O=C=O. The minimum atomic E-state index is 0.0980. The fourth-order valence-electron chi connectivity index (χ4n) is 4.17. The zero-order valence-corrected chi connectivity index (χ0v) is 18.9. The van der Waals surface area contributed by atoms with Crippen molar-refractivity contribution in [3.63, 3.8) is 0 Å². The number of fused-ring (bicyclic) bond motifs is 1. The first-order chi connectivity index (χ1) is 13.8. The Morgan fingerprint density at radius 1 is 0.967 bits per heavy atom. The molecule has 1 aliphatic heterocycles. The number of aliphatic imine (C=N–C) groups is 1. The Labute approximate surface area is 178 Å². The van der Waals surface area contributed by atoms with Crippen molar-refractivity contribution in [1.29, 1.82) is 0 Å². The molecule has 0 aromatic heterocycles. The van der Waals surface area contributed by atoms with Gasteiger partial charge in [-0.3, -0.25) is 9.79 Å². The maximum Gasteiger partial charge on any atom is 0.373 e. The molecule has 0 unspecified atom stereocenters. The molecule has 0 radical (unpaired) electrons. The first-order valence-corrected chi connectivity index (χ1v) is 9.74.